The lowest BCUT2D eigenvalue weighted by Crippen LogP contribution is -2.48. The summed E-state index contributed by atoms with van der Waals surface area (Å²) in [7, 11) is 1.86. The number of rotatable bonds is 6. The van der Waals surface area contributed by atoms with Gasteiger partial charge in [0.05, 0.1) is 11.2 Å². The minimum Gasteiger partial charge on any atom is -0.396 e. The van der Waals surface area contributed by atoms with E-state index in [0.717, 1.165) is 32.1 Å². The molecule has 38 heavy (non-hydrogen) atoms. The van der Waals surface area contributed by atoms with E-state index in [0.29, 0.717) is 35.8 Å². The van der Waals surface area contributed by atoms with Gasteiger partial charge in [-0.3, -0.25) is 4.79 Å². The second kappa shape index (κ2) is 12.0. The number of fused-ring (bicyclic) bond motifs is 1. The summed E-state index contributed by atoms with van der Waals surface area (Å²) in [5.41, 5.74) is 0.709. The Morgan fingerprint density at radius 3 is 2.61 bits per heavy atom. The molecule has 2 N–H and O–H groups in total. The lowest BCUT2D eigenvalue weighted by molar-refractivity contribution is -0.138. The fourth-order valence-electron chi connectivity index (χ4n) is 5.52. The fourth-order valence-corrected chi connectivity index (χ4v) is 5.68. The van der Waals surface area contributed by atoms with Crippen LogP contribution in [-0.2, 0) is 4.79 Å². The van der Waals surface area contributed by atoms with E-state index in [1.165, 1.54) is 24.3 Å². The molecule has 5 rings (SSSR count). The van der Waals surface area contributed by atoms with Crippen molar-refractivity contribution in [2.24, 2.45) is 11.8 Å². The van der Waals surface area contributed by atoms with E-state index in [1.54, 1.807) is 12.1 Å². The van der Waals surface area contributed by atoms with Gasteiger partial charge in [0.1, 0.15) is 17.5 Å². The van der Waals surface area contributed by atoms with Crippen LogP contribution in [0.3, 0.4) is 0 Å². The largest absolute Gasteiger partial charge is 0.396 e. The van der Waals surface area contributed by atoms with Crippen LogP contribution in [0.25, 0.3) is 10.9 Å². The van der Waals surface area contributed by atoms with Crippen LogP contribution >= 0.6 is 25.1 Å². The molecule has 2 aromatic carbocycles. The number of hydrogen-bond donors (Lipinski definition) is 2. The van der Waals surface area contributed by atoms with Crippen molar-refractivity contribution in [1.82, 2.24) is 14.9 Å². The maximum atomic E-state index is 14.5. The lowest BCUT2D eigenvalue weighted by Gasteiger charge is -2.38. The quantitative estimate of drug-likeness (QED) is 0.426. The molecule has 0 bridgehead atoms. The number of nitrogens with zero attached hydrogens (tertiary/aromatic N) is 4. The highest BCUT2D eigenvalue weighted by Gasteiger charge is 2.37. The molecule has 1 aromatic heterocycles. The molecule has 2 unspecified atom stereocenters. The minimum atomic E-state index is -0.545. The van der Waals surface area contributed by atoms with Crippen molar-refractivity contribution < 1.29 is 18.7 Å². The van der Waals surface area contributed by atoms with Gasteiger partial charge < -0.3 is 20.2 Å². The van der Waals surface area contributed by atoms with Crippen LogP contribution in [0.5, 0.6) is 0 Å². The zero-order valence-electron chi connectivity index (χ0n) is 21.1. The normalized spacial score (nSPS) is 19.9. The molecule has 2 fully saturated rings. The number of aliphatic hydroxyl groups is 1. The van der Waals surface area contributed by atoms with E-state index >= 15 is 0 Å². The van der Waals surface area contributed by atoms with Crippen LogP contribution in [0.15, 0.2) is 36.4 Å². The summed E-state index contributed by atoms with van der Waals surface area (Å²) in [6.45, 7) is 1.33. The maximum Gasteiger partial charge on any atom is 0.227 e. The first-order valence-corrected chi connectivity index (χ1v) is 13.0. The molecule has 1 saturated heterocycles. The summed E-state index contributed by atoms with van der Waals surface area (Å²) < 4.78 is 28.5. The Morgan fingerprint density at radius 1 is 1.13 bits per heavy atom. The van der Waals surface area contributed by atoms with Gasteiger partial charge in [0, 0.05) is 49.1 Å². The number of aromatic nitrogens is 2. The molecule has 2 heterocycles. The average molecular weight is 564 g/mol. The number of piperidine rings is 1. The molecule has 11 heteroatoms. The van der Waals surface area contributed by atoms with Crippen molar-refractivity contribution >= 4 is 59.4 Å². The number of benzene rings is 2. The van der Waals surface area contributed by atoms with Crippen molar-refractivity contribution in [1.29, 1.82) is 0 Å². The van der Waals surface area contributed by atoms with Gasteiger partial charge in [-0.1, -0.05) is 18.0 Å². The number of aliphatic hydroxyl groups excluding tert-OH is 1. The van der Waals surface area contributed by atoms with Crippen LogP contribution < -0.4 is 10.2 Å². The van der Waals surface area contributed by atoms with Gasteiger partial charge in [0.2, 0.25) is 11.9 Å². The molecule has 1 saturated carbocycles. The lowest BCUT2D eigenvalue weighted by atomic mass is 9.94. The van der Waals surface area contributed by atoms with Crippen LogP contribution in [0.1, 0.15) is 32.1 Å². The zero-order chi connectivity index (χ0) is 26.1. The predicted octanol–water partition coefficient (Wildman–Crippen LogP) is 5.25. The molecular formula is C27H32ClF2N5O2S. The third-order valence-corrected chi connectivity index (χ3v) is 7.92. The summed E-state index contributed by atoms with van der Waals surface area (Å²) >= 11 is 5.88. The Bertz CT molecular complexity index is 1310. The van der Waals surface area contributed by atoms with E-state index in [4.69, 9.17) is 11.6 Å². The van der Waals surface area contributed by atoms with Gasteiger partial charge in [-0.15, -0.1) is 0 Å². The number of carbonyl (C=O) groups excluding carboxylic acids is 1. The second-order valence-electron chi connectivity index (χ2n) is 9.93. The second-order valence-corrected chi connectivity index (χ2v) is 10.4. The highest BCUT2D eigenvalue weighted by Crippen LogP contribution is 2.34. The molecule has 2 atom stereocenters. The van der Waals surface area contributed by atoms with Crippen LogP contribution in [-0.4, -0.2) is 58.7 Å². The summed E-state index contributed by atoms with van der Waals surface area (Å²) in [6.07, 6.45) is 4.21. The van der Waals surface area contributed by atoms with E-state index in [1.807, 2.05) is 16.8 Å². The molecule has 3 aromatic rings. The van der Waals surface area contributed by atoms with E-state index in [9.17, 15) is 18.7 Å². The summed E-state index contributed by atoms with van der Waals surface area (Å²) in [6, 6.07) is 8.61. The first kappa shape index (κ1) is 28.3. The maximum absolute atomic E-state index is 14.5. The third kappa shape index (κ3) is 5.82. The summed E-state index contributed by atoms with van der Waals surface area (Å²) in [5, 5.41) is 13.3. The Hall–Kier alpha value is -2.69. The Morgan fingerprint density at radius 2 is 1.89 bits per heavy atom. The Kier molecular flexibility index (Phi) is 8.95. The van der Waals surface area contributed by atoms with Crippen molar-refractivity contribution in [3.63, 3.8) is 0 Å². The summed E-state index contributed by atoms with van der Waals surface area (Å²) in [4.78, 5) is 26.3. The highest BCUT2D eigenvalue weighted by atomic mass is 35.5. The number of amides is 1. The van der Waals surface area contributed by atoms with Gasteiger partial charge in [-0.05, 0) is 68.0 Å². The predicted molar refractivity (Wildman–Crippen MR) is 150 cm³/mol. The molecule has 1 amide bonds. The number of anilines is 3. The molecular weight excluding hydrogens is 532 g/mol. The van der Waals surface area contributed by atoms with Crippen molar-refractivity contribution in [2.45, 2.75) is 38.1 Å². The number of hydrogen-bond acceptors (Lipinski definition) is 6. The van der Waals surface area contributed by atoms with Gasteiger partial charge in [-0.2, -0.15) is 18.5 Å². The first-order valence-electron chi connectivity index (χ1n) is 12.7. The molecule has 1 aliphatic heterocycles. The summed E-state index contributed by atoms with van der Waals surface area (Å²) in [5.74, 6) is -0.151. The van der Waals surface area contributed by atoms with Gasteiger partial charge in [0.15, 0.2) is 0 Å². The average Bonchev–Trinajstić information content (AvgIpc) is 3.38. The fraction of sp³-hybridized carbons (Fsp3) is 0.444. The third-order valence-electron chi connectivity index (χ3n) is 7.68. The molecule has 2 aliphatic rings. The highest BCUT2D eigenvalue weighted by molar-refractivity contribution is 7.59. The topological polar surface area (TPSA) is 81.6 Å². The van der Waals surface area contributed by atoms with Gasteiger partial charge in [0.25, 0.3) is 0 Å². The number of halogens is 3. The van der Waals surface area contributed by atoms with Crippen LogP contribution in [0.2, 0.25) is 5.02 Å². The monoisotopic (exact) mass is 563 g/mol. The Balaban J connectivity index is 0.00000336. The number of nitrogens with one attached hydrogen (secondary N) is 1. The minimum absolute atomic E-state index is 0. The van der Waals surface area contributed by atoms with E-state index in [-0.39, 0.29) is 54.6 Å². The molecule has 7 nitrogen and oxygen atoms in total. The molecule has 0 spiro atoms. The smallest absolute Gasteiger partial charge is 0.227 e. The van der Waals surface area contributed by atoms with Crippen molar-refractivity contribution in [3.05, 3.63) is 53.1 Å². The van der Waals surface area contributed by atoms with E-state index < -0.39 is 11.6 Å². The molecule has 0 radical (unpaired) electrons. The van der Waals surface area contributed by atoms with E-state index in [2.05, 4.69) is 15.3 Å². The van der Waals surface area contributed by atoms with Gasteiger partial charge >= 0.3 is 0 Å². The van der Waals surface area contributed by atoms with Gasteiger partial charge in [-0.25, -0.2) is 13.8 Å². The van der Waals surface area contributed by atoms with Crippen molar-refractivity contribution in [2.75, 3.05) is 37.0 Å². The zero-order valence-corrected chi connectivity index (χ0v) is 22.9. The van der Waals surface area contributed by atoms with Crippen LogP contribution in [0, 0.1) is 23.5 Å². The van der Waals surface area contributed by atoms with Crippen LogP contribution in [0.4, 0.5) is 26.2 Å². The molecule has 204 valence electrons. The number of carbonyl (C=O) groups is 1. The molecule has 1 aliphatic carbocycles. The standard InChI is InChI=1S/C27H30ClF2N5O2.H2S/c1-34(26(37)20-4-2-3-16(20)15-36)19-9-11-35(12-10-19)27-32-23-8-6-18(29)14-21(23)25(33-27)31-24-7-5-17(28)13-22(24)30;/h5-8,13-14,16,19-20,36H,2-4,9-12,15H2,1H3,(H,31,32,33);1H2. The first-order chi connectivity index (χ1) is 17.8. The van der Waals surface area contributed by atoms with Crippen molar-refractivity contribution in [3.8, 4) is 0 Å². The Labute approximate surface area is 232 Å². The SMILES string of the molecule is CN(C(=O)C1CCCC1CO)C1CCN(c2nc(Nc3ccc(Cl)cc3F)c3cc(F)ccc3n2)CC1.S.